The van der Waals surface area contributed by atoms with Crippen LogP contribution < -0.4 is 15.4 Å². The first kappa shape index (κ1) is 20.7. The zero-order chi connectivity index (χ0) is 19.2. The molecule has 26 heavy (non-hydrogen) atoms. The molecule has 1 saturated heterocycles. The van der Waals surface area contributed by atoms with Gasteiger partial charge in [0, 0.05) is 12.1 Å². The van der Waals surface area contributed by atoms with E-state index in [0.717, 1.165) is 31.5 Å². The van der Waals surface area contributed by atoms with Gasteiger partial charge in [-0.3, -0.25) is 9.52 Å². The van der Waals surface area contributed by atoms with Crippen molar-refractivity contribution in [3.05, 3.63) is 23.8 Å². The number of hydrogen-bond acceptors (Lipinski definition) is 4. The molecule has 0 aliphatic carbocycles. The quantitative estimate of drug-likeness (QED) is 0.646. The van der Waals surface area contributed by atoms with Crippen LogP contribution in [0.15, 0.2) is 18.2 Å². The maximum atomic E-state index is 12.5. The summed E-state index contributed by atoms with van der Waals surface area (Å²) in [6, 6.07) is 5.28. The van der Waals surface area contributed by atoms with Gasteiger partial charge in [-0.05, 0) is 68.8 Å². The maximum absolute atomic E-state index is 12.5. The second kappa shape index (κ2) is 9.37. The van der Waals surface area contributed by atoms with E-state index in [9.17, 15) is 13.2 Å². The lowest BCUT2D eigenvalue weighted by Gasteiger charge is -2.28. The Morgan fingerprint density at radius 2 is 1.92 bits per heavy atom. The first-order chi connectivity index (χ1) is 12.3. The van der Waals surface area contributed by atoms with Crippen LogP contribution in [0.1, 0.15) is 45.1 Å². The smallest absolute Gasteiger partial charge is 0.232 e. The Hall–Kier alpha value is -1.60. The highest BCUT2D eigenvalue weighted by atomic mass is 32.2. The van der Waals surface area contributed by atoms with E-state index in [4.69, 9.17) is 0 Å². The van der Waals surface area contributed by atoms with E-state index >= 15 is 0 Å². The van der Waals surface area contributed by atoms with Gasteiger partial charge in [0.2, 0.25) is 15.9 Å². The van der Waals surface area contributed by atoms with Gasteiger partial charge < -0.3 is 10.6 Å². The third kappa shape index (κ3) is 5.99. The lowest BCUT2D eigenvalue weighted by Crippen LogP contribution is -2.32. The van der Waals surface area contributed by atoms with E-state index in [1.54, 1.807) is 18.2 Å². The van der Waals surface area contributed by atoms with Crippen molar-refractivity contribution in [3.63, 3.8) is 0 Å². The van der Waals surface area contributed by atoms with Crippen LogP contribution >= 0.6 is 0 Å². The summed E-state index contributed by atoms with van der Waals surface area (Å²) in [4.78, 5) is 12.5. The fourth-order valence-corrected chi connectivity index (χ4v) is 4.64. The van der Waals surface area contributed by atoms with E-state index in [-0.39, 0.29) is 11.7 Å². The minimum Gasteiger partial charge on any atom is -0.326 e. The van der Waals surface area contributed by atoms with Crippen LogP contribution in [-0.4, -0.2) is 33.2 Å². The highest BCUT2D eigenvalue weighted by molar-refractivity contribution is 7.92. The first-order valence-electron chi connectivity index (χ1n) is 9.43. The Labute approximate surface area is 157 Å². The average Bonchev–Trinajstić information content (AvgIpc) is 2.59. The summed E-state index contributed by atoms with van der Waals surface area (Å²) in [5, 5.41) is 6.30. The number of nitrogens with one attached hydrogen (secondary N) is 3. The topological polar surface area (TPSA) is 87.3 Å². The molecule has 2 rings (SSSR count). The Morgan fingerprint density at radius 3 is 2.58 bits per heavy atom. The zero-order valence-corrected chi connectivity index (χ0v) is 16.8. The third-order valence-corrected chi connectivity index (χ3v) is 6.52. The summed E-state index contributed by atoms with van der Waals surface area (Å²) in [5.41, 5.74) is 1.90. The number of carbonyl (C=O) groups excluding carboxylic acids is 1. The molecular weight excluding hydrogens is 350 g/mol. The SMILES string of the molecule is CCCS(=O)(=O)Nc1cccc(NC(=O)CC(C)C2CCNCC2)c1C. The molecule has 1 atom stereocenters. The minimum atomic E-state index is -3.35. The number of hydrogen-bond donors (Lipinski definition) is 3. The van der Waals surface area contributed by atoms with Crippen LogP contribution in [-0.2, 0) is 14.8 Å². The number of piperidine rings is 1. The Kier molecular flexibility index (Phi) is 7.46. The van der Waals surface area contributed by atoms with Crippen LogP contribution in [0.5, 0.6) is 0 Å². The van der Waals surface area contributed by atoms with Crippen LogP contribution in [0.4, 0.5) is 11.4 Å². The molecular formula is C19H31N3O3S. The molecule has 3 N–H and O–H groups in total. The largest absolute Gasteiger partial charge is 0.326 e. The molecule has 146 valence electrons. The van der Waals surface area contributed by atoms with Gasteiger partial charge >= 0.3 is 0 Å². The van der Waals surface area contributed by atoms with E-state index in [1.807, 2.05) is 13.8 Å². The maximum Gasteiger partial charge on any atom is 0.232 e. The highest BCUT2D eigenvalue weighted by Crippen LogP contribution is 2.27. The molecule has 0 radical (unpaired) electrons. The molecule has 0 spiro atoms. The monoisotopic (exact) mass is 381 g/mol. The van der Waals surface area contributed by atoms with Crippen LogP contribution in [0, 0.1) is 18.8 Å². The van der Waals surface area contributed by atoms with Crippen molar-refractivity contribution in [2.45, 2.75) is 46.5 Å². The lowest BCUT2D eigenvalue weighted by molar-refractivity contribution is -0.117. The van der Waals surface area contributed by atoms with Gasteiger partial charge in [-0.2, -0.15) is 0 Å². The van der Waals surface area contributed by atoms with E-state index in [0.29, 0.717) is 36.1 Å². The summed E-state index contributed by atoms with van der Waals surface area (Å²) in [5.74, 6) is 0.975. The summed E-state index contributed by atoms with van der Waals surface area (Å²) >= 11 is 0. The second-order valence-electron chi connectivity index (χ2n) is 7.22. The predicted octanol–water partition coefficient (Wildman–Crippen LogP) is 3.11. The van der Waals surface area contributed by atoms with Crippen LogP contribution in [0.25, 0.3) is 0 Å². The van der Waals surface area contributed by atoms with Gasteiger partial charge in [-0.25, -0.2) is 8.42 Å². The fraction of sp³-hybridized carbons (Fsp3) is 0.632. The number of benzene rings is 1. The number of anilines is 2. The van der Waals surface area contributed by atoms with E-state index < -0.39 is 10.0 Å². The molecule has 1 aliphatic heterocycles. The van der Waals surface area contributed by atoms with Gasteiger partial charge in [0.15, 0.2) is 0 Å². The average molecular weight is 382 g/mol. The third-order valence-electron chi connectivity index (χ3n) is 5.04. The van der Waals surface area contributed by atoms with Gasteiger partial charge in [0.05, 0.1) is 11.4 Å². The normalized spacial score (nSPS) is 16.9. The molecule has 1 unspecified atom stereocenters. The molecule has 1 aliphatic rings. The van der Waals surface area contributed by atoms with Crippen molar-refractivity contribution in [2.75, 3.05) is 28.9 Å². The van der Waals surface area contributed by atoms with Crippen molar-refractivity contribution >= 4 is 27.3 Å². The number of amides is 1. The van der Waals surface area contributed by atoms with E-state index in [2.05, 4.69) is 22.3 Å². The summed E-state index contributed by atoms with van der Waals surface area (Å²) in [6.45, 7) is 7.82. The van der Waals surface area contributed by atoms with Gasteiger partial charge in [-0.15, -0.1) is 0 Å². The van der Waals surface area contributed by atoms with Gasteiger partial charge in [-0.1, -0.05) is 19.9 Å². The molecule has 1 amide bonds. The summed E-state index contributed by atoms with van der Waals surface area (Å²) < 4.78 is 26.6. The Balaban J connectivity index is 2.00. The summed E-state index contributed by atoms with van der Waals surface area (Å²) in [6.07, 6.45) is 3.26. The highest BCUT2D eigenvalue weighted by Gasteiger charge is 2.22. The minimum absolute atomic E-state index is 0.0207. The number of carbonyl (C=O) groups is 1. The van der Waals surface area contributed by atoms with Crippen molar-refractivity contribution in [1.29, 1.82) is 0 Å². The molecule has 6 nitrogen and oxygen atoms in total. The molecule has 1 heterocycles. The van der Waals surface area contributed by atoms with Crippen molar-refractivity contribution in [1.82, 2.24) is 5.32 Å². The zero-order valence-electron chi connectivity index (χ0n) is 16.0. The molecule has 7 heteroatoms. The van der Waals surface area contributed by atoms with Crippen molar-refractivity contribution in [2.24, 2.45) is 11.8 Å². The molecule has 1 aromatic rings. The Bertz CT molecular complexity index is 713. The van der Waals surface area contributed by atoms with Crippen molar-refractivity contribution < 1.29 is 13.2 Å². The molecule has 0 saturated carbocycles. The predicted molar refractivity (Wildman–Crippen MR) is 107 cm³/mol. The number of rotatable bonds is 8. The van der Waals surface area contributed by atoms with Gasteiger partial charge in [0.1, 0.15) is 0 Å². The number of sulfonamides is 1. The molecule has 1 fully saturated rings. The van der Waals surface area contributed by atoms with E-state index in [1.165, 1.54) is 0 Å². The Morgan fingerprint density at radius 1 is 1.27 bits per heavy atom. The van der Waals surface area contributed by atoms with Crippen molar-refractivity contribution in [3.8, 4) is 0 Å². The second-order valence-corrected chi connectivity index (χ2v) is 9.06. The van der Waals surface area contributed by atoms with Crippen LogP contribution in [0.2, 0.25) is 0 Å². The van der Waals surface area contributed by atoms with Crippen LogP contribution in [0.3, 0.4) is 0 Å². The summed E-state index contributed by atoms with van der Waals surface area (Å²) in [7, 11) is -3.35. The lowest BCUT2D eigenvalue weighted by atomic mass is 9.84. The molecule has 1 aromatic carbocycles. The molecule has 0 bridgehead atoms. The van der Waals surface area contributed by atoms with Gasteiger partial charge in [0.25, 0.3) is 0 Å². The first-order valence-corrected chi connectivity index (χ1v) is 11.1. The molecule has 0 aromatic heterocycles. The standard InChI is InChI=1S/C19H31N3O3S/c1-4-12-26(24,25)22-18-7-5-6-17(15(18)3)21-19(23)13-14(2)16-8-10-20-11-9-16/h5-7,14,16,20,22H,4,8-13H2,1-3H3,(H,21,23). The fourth-order valence-electron chi connectivity index (χ4n) is 3.44.